The molecule has 0 aliphatic rings. The molecule has 0 aliphatic carbocycles. The first-order valence-electron chi connectivity index (χ1n) is 11.7. The van der Waals surface area contributed by atoms with Crippen LogP contribution in [-0.2, 0) is 4.74 Å². The van der Waals surface area contributed by atoms with E-state index in [-0.39, 0.29) is 5.91 Å². The summed E-state index contributed by atoms with van der Waals surface area (Å²) in [6.07, 6.45) is 16.3. The van der Waals surface area contributed by atoms with Gasteiger partial charge in [-0.25, -0.2) is 4.68 Å². The van der Waals surface area contributed by atoms with E-state index in [1.165, 1.54) is 0 Å². The van der Waals surface area contributed by atoms with Crippen LogP contribution in [0.5, 0.6) is 0 Å². The van der Waals surface area contributed by atoms with E-state index in [2.05, 4.69) is 35.8 Å². The zero-order valence-electron chi connectivity index (χ0n) is 19.8. The number of nitrogens with one attached hydrogen (secondary N) is 1. The molecular formula is C28H35N3O2. The average molecular weight is 446 g/mol. The van der Waals surface area contributed by atoms with Crippen LogP contribution in [0.3, 0.4) is 0 Å². The SMILES string of the molecule is C=C/C(C#Cc1cc(C(=O)NCCCCCCOCCC)ccc1-n1cccn1)=C\C=C/C. The van der Waals surface area contributed by atoms with Gasteiger partial charge >= 0.3 is 0 Å². The maximum absolute atomic E-state index is 12.7. The standard InChI is InChI=1S/C28H35N3O2/c1-4-7-13-24(6-3)14-15-25-23-26(16-17-27(25)31-20-12-19-30-31)28(32)29-18-10-8-9-11-22-33-21-5-2/h4,6-7,12-13,16-17,19-20,23H,3,5,8-11,18,21-22H2,1-2H3,(H,29,32)/b7-4-,24-13+. The van der Waals surface area contributed by atoms with E-state index in [1.807, 2.05) is 55.6 Å². The van der Waals surface area contributed by atoms with Crippen LogP contribution in [0, 0.1) is 11.8 Å². The molecule has 33 heavy (non-hydrogen) atoms. The maximum atomic E-state index is 12.7. The van der Waals surface area contributed by atoms with Crippen LogP contribution in [0.15, 0.2) is 73.1 Å². The summed E-state index contributed by atoms with van der Waals surface area (Å²) < 4.78 is 7.24. The van der Waals surface area contributed by atoms with Crippen molar-refractivity contribution in [2.45, 2.75) is 46.0 Å². The van der Waals surface area contributed by atoms with Gasteiger partial charge in [-0.1, -0.05) is 56.4 Å². The molecule has 2 aromatic rings. The summed E-state index contributed by atoms with van der Waals surface area (Å²) in [6, 6.07) is 7.37. The molecule has 0 atom stereocenters. The molecule has 174 valence electrons. The molecule has 5 heteroatoms. The highest BCUT2D eigenvalue weighted by Crippen LogP contribution is 2.16. The predicted molar refractivity (Wildman–Crippen MR) is 135 cm³/mol. The number of hydrogen-bond donors (Lipinski definition) is 1. The van der Waals surface area contributed by atoms with Gasteiger partial charge in [0, 0.05) is 43.3 Å². The lowest BCUT2D eigenvalue weighted by atomic mass is 10.1. The number of ether oxygens (including phenoxy) is 1. The predicted octanol–water partition coefficient (Wildman–Crippen LogP) is 5.63. The maximum Gasteiger partial charge on any atom is 0.251 e. The lowest BCUT2D eigenvalue weighted by Crippen LogP contribution is -2.24. The van der Waals surface area contributed by atoms with Gasteiger partial charge < -0.3 is 10.1 Å². The number of amides is 1. The second-order valence-electron chi connectivity index (χ2n) is 7.57. The summed E-state index contributed by atoms with van der Waals surface area (Å²) in [5.41, 5.74) is 2.94. The molecule has 2 rings (SSSR count). The Labute approximate surface area is 198 Å². The minimum atomic E-state index is -0.0928. The summed E-state index contributed by atoms with van der Waals surface area (Å²) in [7, 11) is 0. The Hall–Kier alpha value is -3.36. The Bertz CT molecular complexity index is 992. The van der Waals surface area contributed by atoms with Gasteiger partial charge in [-0.05, 0) is 56.5 Å². The molecule has 0 saturated carbocycles. The third-order valence-electron chi connectivity index (χ3n) is 4.89. The second-order valence-corrected chi connectivity index (χ2v) is 7.57. The number of rotatable bonds is 13. The fraction of sp³-hybridized carbons (Fsp3) is 0.357. The van der Waals surface area contributed by atoms with Gasteiger partial charge in [-0.3, -0.25) is 4.79 Å². The number of carbonyl (C=O) groups excluding carboxylic acids is 1. The molecule has 1 N–H and O–H groups in total. The largest absolute Gasteiger partial charge is 0.381 e. The zero-order valence-corrected chi connectivity index (χ0v) is 19.8. The van der Waals surface area contributed by atoms with Crippen LogP contribution in [0.25, 0.3) is 5.69 Å². The third kappa shape index (κ3) is 9.34. The topological polar surface area (TPSA) is 56.1 Å². The van der Waals surface area contributed by atoms with Crippen LogP contribution >= 0.6 is 0 Å². The molecular weight excluding hydrogens is 410 g/mol. The lowest BCUT2D eigenvalue weighted by molar-refractivity contribution is 0.0952. The van der Waals surface area contributed by atoms with E-state index in [0.29, 0.717) is 12.1 Å². The lowest BCUT2D eigenvalue weighted by Gasteiger charge is -2.09. The van der Waals surface area contributed by atoms with Gasteiger partial charge in [-0.15, -0.1) is 0 Å². The van der Waals surface area contributed by atoms with E-state index in [9.17, 15) is 4.79 Å². The Morgan fingerprint density at radius 3 is 2.82 bits per heavy atom. The molecule has 1 amide bonds. The van der Waals surface area contributed by atoms with Crippen molar-refractivity contribution >= 4 is 5.91 Å². The first-order chi connectivity index (χ1) is 16.2. The molecule has 0 bridgehead atoms. The highest BCUT2D eigenvalue weighted by molar-refractivity contribution is 5.95. The normalized spacial score (nSPS) is 11.3. The van der Waals surface area contributed by atoms with Crippen molar-refractivity contribution in [3.05, 3.63) is 84.2 Å². The smallest absolute Gasteiger partial charge is 0.251 e. The minimum absolute atomic E-state index is 0.0928. The molecule has 1 heterocycles. The van der Waals surface area contributed by atoms with E-state index < -0.39 is 0 Å². The van der Waals surface area contributed by atoms with Crippen molar-refractivity contribution in [3.63, 3.8) is 0 Å². The quantitative estimate of drug-likeness (QED) is 0.247. The number of carbonyl (C=O) groups is 1. The number of unbranched alkanes of at least 4 members (excludes halogenated alkanes) is 3. The van der Waals surface area contributed by atoms with Crippen molar-refractivity contribution in [1.29, 1.82) is 0 Å². The van der Waals surface area contributed by atoms with E-state index in [1.54, 1.807) is 17.0 Å². The molecule has 5 nitrogen and oxygen atoms in total. The van der Waals surface area contributed by atoms with Gasteiger partial charge in [0.05, 0.1) is 11.3 Å². The van der Waals surface area contributed by atoms with Crippen LogP contribution < -0.4 is 5.32 Å². The third-order valence-corrected chi connectivity index (χ3v) is 4.89. The van der Waals surface area contributed by atoms with Crippen molar-refractivity contribution in [1.82, 2.24) is 15.1 Å². The fourth-order valence-corrected chi connectivity index (χ4v) is 3.12. The fourth-order valence-electron chi connectivity index (χ4n) is 3.12. The van der Waals surface area contributed by atoms with Crippen LogP contribution in [0.4, 0.5) is 0 Å². The first-order valence-corrected chi connectivity index (χ1v) is 11.7. The van der Waals surface area contributed by atoms with Crippen molar-refractivity contribution in [2.24, 2.45) is 0 Å². The summed E-state index contributed by atoms with van der Waals surface area (Å²) in [5, 5.41) is 7.33. The second kappa shape index (κ2) is 15.4. The molecule has 1 aromatic heterocycles. The zero-order chi connectivity index (χ0) is 23.7. The Morgan fingerprint density at radius 1 is 1.24 bits per heavy atom. The molecule has 0 fully saturated rings. The summed E-state index contributed by atoms with van der Waals surface area (Å²) >= 11 is 0. The van der Waals surface area contributed by atoms with E-state index >= 15 is 0 Å². The Kier molecular flexibility index (Phi) is 12.1. The van der Waals surface area contributed by atoms with Crippen molar-refractivity contribution in [3.8, 4) is 17.5 Å². The summed E-state index contributed by atoms with van der Waals surface area (Å²) in [4.78, 5) is 12.7. The number of aromatic nitrogens is 2. The van der Waals surface area contributed by atoms with Crippen LogP contribution in [0.1, 0.15) is 61.9 Å². The minimum Gasteiger partial charge on any atom is -0.381 e. The van der Waals surface area contributed by atoms with Gasteiger partial charge in [0.25, 0.3) is 5.91 Å². The number of nitrogens with zero attached hydrogens (tertiary/aromatic N) is 2. The van der Waals surface area contributed by atoms with Crippen molar-refractivity contribution < 1.29 is 9.53 Å². The molecule has 0 aliphatic heterocycles. The first kappa shape index (κ1) is 25.9. The molecule has 0 unspecified atom stereocenters. The van der Waals surface area contributed by atoms with Gasteiger partial charge in [0.2, 0.25) is 0 Å². The monoisotopic (exact) mass is 445 g/mol. The highest BCUT2D eigenvalue weighted by atomic mass is 16.5. The van der Waals surface area contributed by atoms with E-state index in [0.717, 1.165) is 62.1 Å². The highest BCUT2D eigenvalue weighted by Gasteiger charge is 2.10. The van der Waals surface area contributed by atoms with Gasteiger partial charge in [0.15, 0.2) is 0 Å². The van der Waals surface area contributed by atoms with Gasteiger partial charge in [0.1, 0.15) is 0 Å². The summed E-state index contributed by atoms with van der Waals surface area (Å²) in [5.74, 6) is 6.22. The number of benzene rings is 1. The molecule has 0 saturated heterocycles. The number of allylic oxidation sites excluding steroid dienone is 5. The summed E-state index contributed by atoms with van der Waals surface area (Å²) in [6.45, 7) is 10.2. The van der Waals surface area contributed by atoms with Crippen LogP contribution in [-0.4, -0.2) is 35.4 Å². The van der Waals surface area contributed by atoms with Gasteiger partial charge in [-0.2, -0.15) is 5.10 Å². The average Bonchev–Trinajstić information content (AvgIpc) is 3.37. The molecule has 0 radical (unpaired) electrons. The molecule has 1 aromatic carbocycles. The Morgan fingerprint density at radius 2 is 2.09 bits per heavy atom. The Balaban J connectivity index is 2.03. The molecule has 0 spiro atoms. The number of hydrogen-bond acceptors (Lipinski definition) is 3. The van der Waals surface area contributed by atoms with Crippen molar-refractivity contribution in [2.75, 3.05) is 19.8 Å². The van der Waals surface area contributed by atoms with Crippen LogP contribution in [0.2, 0.25) is 0 Å². The van der Waals surface area contributed by atoms with E-state index in [4.69, 9.17) is 4.74 Å².